The van der Waals surface area contributed by atoms with Crippen LogP contribution in [0.1, 0.15) is 11.1 Å². The first-order valence-electron chi connectivity index (χ1n) is 8.24. The quantitative estimate of drug-likeness (QED) is 0.593. The third-order valence-electron chi connectivity index (χ3n) is 3.81. The zero-order chi connectivity index (χ0) is 20.1. The van der Waals surface area contributed by atoms with E-state index in [1.165, 1.54) is 42.6 Å². The summed E-state index contributed by atoms with van der Waals surface area (Å²) in [4.78, 5) is 16.1. The third-order valence-corrected chi connectivity index (χ3v) is 3.81. The van der Waals surface area contributed by atoms with Crippen molar-refractivity contribution in [2.45, 2.75) is 12.6 Å². The first kappa shape index (κ1) is 19.3. The molecule has 2 N–H and O–H groups in total. The highest BCUT2D eigenvalue weighted by Crippen LogP contribution is 2.30. The van der Waals surface area contributed by atoms with Crippen LogP contribution in [0.5, 0.6) is 0 Å². The molecule has 0 unspecified atom stereocenters. The normalized spacial score (nSPS) is 11.1. The van der Waals surface area contributed by atoms with Gasteiger partial charge in [-0.1, -0.05) is 12.1 Å². The number of hydrogen-bond acceptors (Lipinski definition) is 3. The lowest BCUT2D eigenvalue weighted by Crippen LogP contribution is -2.14. The van der Waals surface area contributed by atoms with Gasteiger partial charge in [-0.25, -0.2) is 9.37 Å². The third kappa shape index (κ3) is 5.29. The average Bonchev–Trinajstić information content (AvgIpc) is 2.65. The van der Waals surface area contributed by atoms with Crippen LogP contribution < -0.4 is 10.6 Å². The van der Waals surface area contributed by atoms with Crippen molar-refractivity contribution in [3.05, 3.63) is 83.8 Å². The molecule has 0 saturated heterocycles. The van der Waals surface area contributed by atoms with E-state index in [0.717, 1.165) is 12.1 Å². The number of aromatic nitrogens is 1. The van der Waals surface area contributed by atoms with Crippen molar-refractivity contribution in [1.82, 2.24) is 4.98 Å². The van der Waals surface area contributed by atoms with Crippen LogP contribution in [0.15, 0.2) is 66.9 Å². The van der Waals surface area contributed by atoms with Gasteiger partial charge in [-0.3, -0.25) is 4.79 Å². The van der Waals surface area contributed by atoms with Crippen molar-refractivity contribution < 1.29 is 22.4 Å². The van der Waals surface area contributed by atoms with Gasteiger partial charge in [0.15, 0.2) is 0 Å². The fraction of sp³-hybridized carbons (Fsp3) is 0.100. The number of anilines is 3. The maximum Gasteiger partial charge on any atom is 0.416 e. The minimum Gasteiger partial charge on any atom is -0.340 e. The van der Waals surface area contributed by atoms with Crippen molar-refractivity contribution in [2.24, 2.45) is 0 Å². The van der Waals surface area contributed by atoms with Crippen molar-refractivity contribution >= 4 is 23.1 Å². The van der Waals surface area contributed by atoms with Gasteiger partial charge in [0.25, 0.3) is 0 Å². The molecule has 144 valence electrons. The Hall–Kier alpha value is -3.42. The van der Waals surface area contributed by atoms with E-state index < -0.39 is 11.7 Å². The number of amides is 1. The zero-order valence-electron chi connectivity index (χ0n) is 14.4. The van der Waals surface area contributed by atoms with Crippen molar-refractivity contribution in [3.63, 3.8) is 0 Å². The molecule has 0 atom stereocenters. The van der Waals surface area contributed by atoms with E-state index in [-0.39, 0.29) is 18.1 Å². The summed E-state index contributed by atoms with van der Waals surface area (Å²) in [6.07, 6.45) is -2.87. The number of halogens is 4. The van der Waals surface area contributed by atoms with E-state index in [1.807, 2.05) is 0 Å². The molecule has 1 aromatic heterocycles. The molecule has 8 heteroatoms. The molecule has 0 aliphatic rings. The van der Waals surface area contributed by atoms with Crippen LogP contribution in [0.25, 0.3) is 0 Å². The van der Waals surface area contributed by atoms with Crippen molar-refractivity contribution in [1.29, 1.82) is 0 Å². The van der Waals surface area contributed by atoms with Crippen molar-refractivity contribution in [3.8, 4) is 0 Å². The molecule has 1 amide bonds. The van der Waals surface area contributed by atoms with E-state index >= 15 is 0 Å². The van der Waals surface area contributed by atoms with Crippen molar-refractivity contribution in [2.75, 3.05) is 10.6 Å². The highest BCUT2D eigenvalue weighted by atomic mass is 19.4. The molecule has 0 spiro atoms. The first-order chi connectivity index (χ1) is 13.3. The molecule has 3 rings (SSSR count). The highest BCUT2D eigenvalue weighted by Gasteiger charge is 2.29. The number of benzene rings is 2. The number of nitrogens with zero attached hydrogens (tertiary/aromatic N) is 1. The summed E-state index contributed by atoms with van der Waals surface area (Å²) in [5.41, 5.74) is 0.858. The number of hydrogen-bond donors (Lipinski definition) is 2. The van der Waals surface area contributed by atoms with Gasteiger partial charge in [0.05, 0.1) is 23.9 Å². The molecule has 0 bridgehead atoms. The molecule has 0 aliphatic carbocycles. The van der Waals surface area contributed by atoms with E-state index in [4.69, 9.17) is 0 Å². The summed E-state index contributed by atoms with van der Waals surface area (Å²) >= 11 is 0. The van der Waals surface area contributed by atoms with E-state index in [2.05, 4.69) is 15.6 Å². The predicted octanol–water partition coefficient (Wildman–Crippen LogP) is 5.16. The summed E-state index contributed by atoms with van der Waals surface area (Å²) in [6, 6.07) is 13.4. The van der Waals surface area contributed by atoms with Crippen LogP contribution >= 0.6 is 0 Å². The fourth-order valence-electron chi connectivity index (χ4n) is 2.43. The van der Waals surface area contributed by atoms with Gasteiger partial charge >= 0.3 is 6.18 Å². The SMILES string of the molecule is O=C(Cc1ccc(F)cc1)Nc1ccc(Nc2ccc(C(F)(F)F)cc2)nc1. The van der Waals surface area contributed by atoms with Crippen LogP contribution in [-0.2, 0) is 17.4 Å². The molecule has 1 heterocycles. The second-order valence-electron chi connectivity index (χ2n) is 5.98. The molecule has 0 radical (unpaired) electrons. The fourth-order valence-corrected chi connectivity index (χ4v) is 2.43. The number of pyridine rings is 1. The number of rotatable bonds is 5. The Bertz CT molecular complexity index is 937. The summed E-state index contributed by atoms with van der Waals surface area (Å²) < 4.78 is 50.6. The van der Waals surface area contributed by atoms with Crippen LogP contribution in [-0.4, -0.2) is 10.9 Å². The van der Waals surface area contributed by atoms with Crippen LogP contribution in [0.2, 0.25) is 0 Å². The first-order valence-corrected chi connectivity index (χ1v) is 8.24. The Labute approximate surface area is 158 Å². The largest absolute Gasteiger partial charge is 0.416 e. The predicted molar refractivity (Wildman–Crippen MR) is 97.7 cm³/mol. The Morgan fingerprint density at radius 3 is 2.11 bits per heavy atom. The van der Waals surface area contributed by atoms with Crippen LogP contribution in [0.4, 0.5) is 34.8 Å². The van der Waals surface area contributed by atoms with E-state index in [1.54, 1.807) is 12.1 Å². The number of carbonyl (C=O) groups is 1. The maximum absolute atomic E-state index is 12.9. The summed E-state index contributed by atoms with van der Waals surface area (Å²) in [7, 11) is 0. The van der Waals surface area contributed by atoms with Gasteiger partial charge in [0.1, 0.15) is 11.6 Å². The Morgan fingerprint density at radius 1 is 0.893 bits per heavy atom. The molecule has 3 aromatic rings. The molecule has 28 heavy (non-hydrogen) atoms. The number of carbonyl (C=O) groups excluding carboxylic acids is 1. The lowest BCUT2D eigenvalue weighted by Gasteiger charge is -2.10. The zero-order valence-corrected chi connectivity index (χ0v) is 14.4. The van der Waals surface area contributed by atoms with Gasteiger partial charge in [-0.2, -0.15) is 13.2 Å². The summed E-state index contributed by atoms with van der Waals surface area (Å²) in [6.45, 7) is 0. The molecule has 0 saturated carbocycles. The number of alkyl halides is 3. The molecular weight excluding hydrogens is 374 g/mol. The van der Waals surface area contributed by atoms with Crippen LogP contribution in [0.3, 0.4) is 0 Å². The van der Waals surface area contributed by atoms with Crippen LogP contribution in [0, 0.1) is 5.82 Å². The minimum absolute atomic E-state index is 0.0891. The Morgan fingerprint density at radius 2 is 1.54 bits per heavy atom. The average molecular weight is 389 g/mol. The van der Waals surface area contributed by atoms with Gasteiger partial charge in [-0.15, -0.1) is 0 Å². The van der Waals surface area contributed by atoms with E-state index in [9.17, 15) is 22.4 Å². The molecule has 4 nitrogen and oxygen atoms in total. The monoisotopic (exact) mass is 389 g/mol. The van der Waals surface area contributed by atoms with Gasteiger partial charge in [-0.05, 0) is 54.1 Å². The summed E-state index contributed by atoms with van der Waals surface area (Å²) in [5, 5.41) is 5.55. The second-order valence-corrected chi connectivity index (χ2v) is 5.98. The van der Waals surface area contributed by atoms with Gasteiger partial charge in [0, 0.05) is 5.69 Å². The lowest BCUT2D eigenvalue weighted by atomic mass is 10.1. The van der Waals surface area contributed by atoms with Gasteiger partial charge < -0.3 is 10.6 Å². The minimum atomic E-state index is -4.38. The maximum atomic E-state index is 12.9. The number of nitrogens with one attached hydrogen (secondary N) is 2. The second kappa shape index (κ2) is 8.08. The lowest BCUT2D eigenvalue weighted by molar-refractivity contribution is -0.137. The molecule has 2 aromatic carbocycles. The Kier molecular flexibility index (Phi) is 5.58. The molecule has 0 fully saturated rings. The topological polar surface area (TPSA) is 54.0 Å². The smallest absolute Gasteiger partial charge is 0.340 e. The van der Waals surface area contributed by atoms with E-state index in [0.29, 0.717) is 22.8 Å². The van der Waals surface area contributed by atoms with Gasteiger partial charge in [0.2, 0.25) is 5.91 Å². The molecule has 0 aliphatic heterocycles. The summed E-state index contributed by atoms with van der Waals surface area (Å²) in [5.74, 6) is -0.238. The molecular formula is C20H15F4N3O. The Balaban J connectivity index is 1.57. The standard InChI is InChI=1S/C20H15F4N3O/c21-15-5-1-13(2-6-15)11-19(28)27-17-9-10-18(25-12-17)26-16-7-3-14(4-8-16)20(22,23)24/h1-10,12H,11H2,(H,25,26)(H,27,28). The highest BCUT2D eigenvalue weighted by molar-refractivity contribution is 5.92.